The molecular formula is C16H23NO5S. The van der Waals surface area contributed by atoms with E-state index in [-0.39, 0.29) is 35.1 Å². The topological polar surface area (TPSA) is 81.7 Å². The number of hydrogen-bond donors (Lipinski definition) is 1. The molecule has 1 aliphatic rings. The molecule has 1 N–H and O–H groups in total. The van der Waals surface area contributed by atoms with Crippen LogP contribution in [-0.2, 0) is 24.1 Å². The number of rotatable bonds is 6. The third-order valence-corrected chi connectivity index (χ3v) is 5.65. The zero-order chi connectivity index (χ0) is 16.9. The largest absolute Gasteiger partial charge is 0.379 e. The van der Waals surface area contributed by atoms with Crippen molar-refractivity contribution in [3.8, 4) is 0 Å². The van der Waals surface area contributed by atoms with Gasteiger partial charge in [0.15, 0.2) is 9.84 Å². The number of benzene rings is 1. The quantitative estimate of drug-likeness (QED) is 0.837. The fourth-order valence-corrected chi connectivity index (χ4v) is 3.75. The second-order valence-corrected chi connectivity index (χ2v) is 7.80. The Kier molecular flexibility index (Phi) is 6.15. The highest BCUT2D eigenvalue weighted by molar-refractivity contribution is 7.91. The van der Waals surface area contributed by atoms with Gasteiger partial charge in [-0.3, -0.25) is 4.79 Å². The Hall–Kier alpha value is -1.44. The van der Waals surface area contributed by atoms with Crippen molar-refractivity contribution in [2.24, 2.45) is 0 Å². The first-order valence-corrected chi connectivity index (χ1v) is 9.27. The summed E-state index contributed by atoms with van der Waals surface area (Å²) in [6, 6.07) is 6.39. The van der Waals surface area contributed by atoms with Gasteiger partial charge < -0.3 is 14.8 Å². The number of ether oxygens (including phenoxy) is 2. The average molecular weight is 341 g/mol. The van der Waals surface area contributed by atoms with Gasteiger partial charge in [0.05, 0.1) is 29.4 Å². The first-order valence-electron chi connectivity index (χ1n) is 7.61. The third-order valence-electron chi connectivity index (χ3n) is 3.92. The van der Waals surface area contributed by atoms with Crippen molar-refractivity contribution in [3.05, 3.63) is 29.8 Å². The minimum Gasteiger partial charge on any atom is -0.379 e. The molecule has 23 heavy (non-hydrogen) atoms. The number of carbonyl (C=O) groups excluding carboxylic acids is 1. The van der Waals surface area contributed by atoms with E-state index in [2.05, 4.69) is 5.32 Å². The molecule has 1 amide bonds. The zero-order valence-electron chi connectivity index (χ0n) is 13.4. The summed E-state index contributed by atoms with van der Waals surface area (Å²) in [4.78, 5) is 12.3. The lowest BCUT2D eigenvalue weighted by atomic mass is 10.1. The Morgan fingerprint density at radius 1 is 1.35 bits per heavy atom. The van der Waals surface area contributed by atoms with Crippen molar-refractivity contribution in [2.45, 2.75) is 36.8 Å². The Balaban J connectivity index is 1.89. The van der Waals surface area contributed by atoms with Crippen LogP contribution in [0.5, 0.6) is 0 Å². The van der Waals surface area contributed by atoms with Gasteiger partial charge >= 0.3 is 0 Å². The lowest BCUT2D eigenvalue weighted by Crippen LogP contribution is -2.50. The fourth-order valence-electron chi connectivity index (χ4n) is 2.50. The maximum atomic E-state index is 12.2. The average Bonchev–Trinajstić information content (AvgIpc) is 2.54. The minimum absolute atomic E-state index is 0.0802. The molecule has 1 aromatic rings. The van der Waals surface area contributed by atoms with Crippen molar-refractivity contribution >= 4 is 15.7 Å². The predicted molar refractivity (Wildman–Crippen MR) is 86.0 cm³/mol. The summed E-state index contributed by atoms with van der Waals surface area (Å²) in [5.41, 5.74) is 0.990. The Morgan fingerprint density at radius 3 is 2.70 bits per heavy atom. The van der Waals surface area contributed by atoms with Crippen LogP contribution < -0.4 is 5.32 Å². The van der Waals surface area contributed by atoms with Crippen molar-refractivity contribution in [2.75, 3.05) is 26.1 Å². The Morgan fingerprint density at radius 2 is 2.04 bits per heavy atom. The predicted octanol–water partition coefficient (Wildman–Crippen LogP) is 1.08. The standard InChI is InChI=1S/C16H23NO5S/c1-12-3-5-13(6-4-12)23(19,20)10-8-16(18)17-14-11-22-9-7-15(14)21-2/h3-6,14-15H,7-11H2,1-2H3,(H,17,18)/t14-,15-/m1/s1. The summed E-state index contributed by atoms with van der Waals surface area (Å²) in [6.45, 7) is 2.88. The number of methoxy groups -OCH3 is 1. The van der Waals surface area contributed by atoms with Crippen LogP contribution in [0.4, 0.5) is 0 Å². The van der Waals surface area contributed by atoms with Crippen LogP contribution in [0.25, 0.3) is 0 Å². The fraction of sp³-hybridized carbons (Fsp3) is 0.562. The summed E-state index contributed by atoms with van der Waals surface area (Å²) in [7, 11) is -1.86. The lowest BCUT2D eigenvalue weighted by molar-refractivity contribution is -0.124. The Bertz CT molecular complexity index is 626. The molecular weight excluding hydrogens is 318 g/mol. The van der Waals surface area contributed by atoms with Crippen LogP contribution in [0.1, 0.15) is 18.4 Å². The van der Waals surface area contributed by atoms with Gasteiger partial charge in [0.1, 0.15) is 0 Å². The van der Waals surface area contributed by atoms with E-state index in [1.54, 1.807) is 31.4 Å². The van der Waals surface area contributed by atoms with Gasteiger partial charge in [-0.05, 0) is 25.5 Å². The van der Waals surface area contributed by atoms with Crippen LogP contribution in [-0.4, -0.2) is 52.5 Å². The second-order valence-electron chi connectivity index (χ2n) is 5.69. The van der Waals surface area contributed by atoms with Gasteiger partial charge in [0.25, 0.3) is 0 Å². The third kappa shape index (κ3) is 5.02. The second kappa shape index (κ2) is 7.90. The van der Waals surface area contributed by atoms with E-state index in [4.69, 9.17) is 9.47 Å². The highest BCUT2D eigenvalue weighted by atomic mass is 32.2. The van der Waals surface area contributed by atoms with Crippen molar-refractivity contribution in [1.82, 2.24) is 5.32 Å². The van der Waals surface area contributed by atoms with Crippen molar-refractivity contribution in [1.29, 1.82) is 0 Å². The summed E-state index contributed by atoms with van der Waals surface area (Å²) in [5, 5.41) is 2.80. The zero-order valence-corrected chi connectivity index (χ0v) is 14.3. The van der Waals surface area contributed by atoms with Gasteiger partial charge in [0.2, 0.25) is 5.91 Å². The SMILES string of the molecule is CO[C@@H]1CCOC[C@H]1NC(=O)CCS(=O)(=O)c1ccc(C)cc1. The molecule has 1 heterocycles. The maximum Gasteiger partial charge on any atom is 0.221 e. The maximum absolute atomic E-state index is 12.2. The molecule has 128 valence electrons. The van der Waals surface area contributed by atoms with E-state index in [1.165, 1.54) is 0 Å². The number of hydrogen-bond acceptors (Lipinski definition) is 5. The van der Waals surface area contributed by atoms with E-state index in [0.717, 1.165) is 5.56 Å². The molecule has 0 unspecified atom stereocenters. The first-order chi connectivity index (χ1) is 10.9. The number of nitrogens with one attached hydrogen (secondary N) is 1. The highest BCUT2D eigenvalue weighted by Crippen LogP contribution is 2.14. The van der Waals surface area contributed by atoms with Crippen LogP contribution in [0, 0.1) is 6.92 Å². The van der Waals surface area contributed by atoms with E-state index in [1.807, 2.05) is 6.92 Å². The molecule has 2 rings (SSSR count). The molecule has 0 saturated carbocycles. The number of amides is 1. The van der Waals surface area contributed by atoms with Crippen LogP contribution in [0.3, 0.4) is 0 Å². The summed E-state index contributed by atoms with van der Waals surface area (Å²) < 4.78 is 35.1. The van der Waals surface area contributed by atoms with Gasteiger partial charge in [-0.25, -0.2) is 8.42 Å². The Labute approximate surface area is 137 Å². The molecule has 7 heteroatoms. The molecule has 6 nitrogen and oxygen atoms in total. The van der Waals surface area contributed by atoms with E-state index in [0.29, 0.717) is 19.6 Å². The van der Waals surface area contributed by atoms with Crippen molar-refractivity contribution in [3.63, 3.8) is 0 Å². The molecule has 1 saturated heterocycles. The van der Waals surface area contributed by atoms with Crippen LogP contribution in [0.2, 0.25) is 0 Å². The molecule has 1 aromatic carbocycles. The van der Waals surface area contributed by atoms with Gasteiger partial charge in [-0.2, -0.15) is 0 Å². The molecule has 0 spiro atoms. The molecule has 0 bridgehead atoms. The number of carbonyl (C=O) groups is 1. The number of aryl methyl sites for hydroxylation is 1. The number of sulfone groups is 1. The van der Waals surface area contributed by atoms with Gasteiger partial charge in [-0.1, -0.05) is 17.7 Å². The molecule has 2 atom stereocenters. The smallest absolute Gasteiger partial charge is 0.221 e. The van der Waals surface area contributed by atoms with Gasteiger partial charge in [-0.15, -0.1) is 0 Å². The molecule has 0 aromatic heterocycles. The molecule has 1 fully saturated rings. The molecule has 1 aliphatic heterocycles. The lowest BCUT2D eigenvalue weighted by Gasteiger charge is -2.31. The van der Waals surface area contributed by atoms with Crippen molar-refractivity contribution < 1.29 is 22.7 Å². The summed E-state index contributed by atoms with van der Waals surface area (Å²) in [6.07, 6.45) is 0.535. The van der Waals surface area contributed by atoms with E-state index >= 15 is 0 Å². The minimum atomic E-state index is -3.46. The summed E-state index contributed by atoms with van der Waals surface area (Å²) in [5.74, 6) is -0.522. The van der Waals surface area contributed by atoms with E-state index in [9.17, 15) is 13.2 Å². The van der Waals surface area contributed by atoms with E-state index < -0.39 is 9.84 Å². The van der Waals surface area contributed by atoms with Crippen LogP contribution >= 0.6 is 0 Å². The normalized spacial score (nSPS) is 21.8. The van der Waals surface area contributed by atoms with Crippen LogP contribution in [0.15, 0.2) is 29.2 Å². The molecule has 0 radical (unpaired) electrons. The monoisotopic (exact) mass is 341 g/mol. The van der Waals surface area contributed by atoms with Gasteiger partial charge in [0, 0.05) is 20.1 Å². The summed E-state index contributed by atoms with van der Waals surface area (Å²) >= 11 is 0. The highest BCUT2D eigenvalue weighted by Gasteiger charge is 2.27. The first kappa shape index (κ1) is 17.9. The molecule has 0 aliphatic carbocycles.